The molecule has 0 radical (unpaired) electrons. The average Bonchev–Trinajstić information content (AvgIpc) is 2.37. The summed E-state index contributed by atoms with van der Waals surface area (Å²) in [5.41, 5.74) is 1.31. The fourth-order valence-electron chi connectivity index (χ4n) is 1.78. The number of carbonyl (C=O) groups excluding carboxylic acids is 2. The normalized spacial score (nSPS) is 11.3. The van der Waals surface area contributed by atoms with Gasteiger partial charge < -0.3 is 15.4 Å². The highest BCUT2D eigenvalue weighted by Gasteiger charge is 2.15. The molecule has 0 aliphatic carbocycles. The first-order valence-electron chi connectivity index (χ1n) is 7.56. The highest BCUT2D eigenvalue weighted by atomic mass is 16.6. The third-order valence-electron chi connectivity index (χ3n) is 2.71. The molecule has 0 bridgehead atoms. The van der Waals surface area contributed by atoms with E-state index in [1.54, 1.807) is 6.07 Å². The quantitative estimate of drug-likeness (QED) is 0.816. The lowest BCUT2D eigenvalue weighted by Crippen LogP contribution is -2.32. The van der Waals surface area contributed by atoms with Crippen LogP contribution in [0.1, 0.15) is 45.4 Å². The molecule has 0 unspecified atom stereocenters. The number of hydrogen-bond acceptors (Lipinski definition) is 4. The molecule has 0 aromatic carbocycles. The molecule has 1 heterocycles. The van der Waals surface area contributed by atoms with Gasteiger partial charge in [0, 0.05) is 19.2 Å². The maximum atomic E-state index is 11.5. The summed E-state index contributed by atoms with van der Waals surface area (Å²) in [5, 5.41) is 5.34. The van der Waals surface area contributed by atoms with Crippen molar-refractivity contribution in [2.45, 2.75) is 46.6 Å². The second kappa shape index (κ2) is 8.31. The van der Waals surface area contributed by atoms with Crippen LogP contribution in [0.5, 0.6) is 0 Å². The Kier molecular flexibility index (Phi) is 6.75. The average molecular weight is 319 g/mol. The second-order valence-electron chi connectivity index (χ2n) is 6.17. The second-order valence-corrected chi connectivity index (χ2v) is 6.17. The Morgan fingerprint density at radius 2 is 2.00 bits per heavy atom. The summed E-state index contributed by atoms with van der Waals surface area (Å²) in [4.78, 5) is 26.8. The Hall–Kier alpha value is -2.37. The van der Waals surface area contributed by atoms with Crippen LogP contribution in [0.2, 0.25) is 0 Å². The number of amides is 2. The van der Waals surface area contributed by atoms with Crippen LogP contribution < -0.4 is 10.6 Å². The Labute approximate surface area is 137 Å². The number of nitrogens with zero attached hydrogens (tertiary/aromatic N) is 1. The molecule has 6 nitrogen and oxygen atoms in total. The molecule has 0 saturated carbocycles. The van der Waals surface area contributed by atoms with E-state index in [4.69, 9.17) is 4.74 Å². The van der Waals surface area contributed by atoms with E-state index >= 15 is 0 Å². The number of rotatable bonds is 5. The van der Waals surface area contributed by atoms with Gasteiger partial charge in [-0.2, -0.15) is 0 Å². The zero-order valence-corrected chi connectivity index (χ0v) is 14.4. The first-order valence-corrected chi connectivity index (χ1v) is 7.56. The van der Waals surface area contributed by atoms with E-state index in [9.17, 15) is 9.59 Å². The molecule has 2 amide bonds. The van der Waals surface area contributed by atoms with Crippen molar-refractivity contribution in [3.8, 4) is 0 Å². The van der Waals surface area contributed by atoms with Gasteiger partial charge in [0.1, 0.15) is 11.4 Å². The molecule has 126 valence electrons. The first kappa shape index (κ1) is 18.7. The minimum absolute atomic E-state index is 0.145. The highest BCUT2D eigenvalue weighted by Crippen LogP contribution is 2.12. The minimum Gasteiger partial charge on any atom is -0.444 e. The summed E-state index contributed by atoms with van der Waals surface area (Å²) in [6.07, 6.45) is 4.17. The lowest BCUT2D eigenvalue weighted by molar-refractivity contribution is -0.114. The number of aryl methyl sites for hydroxylation is 1. The molecule has 1 rings (SSSR count). The summed E-state index contributed by atoms with van der Waals surface area (Å²) >= 11 is 0. The Balaban J connectivity index is 2.43. The fourth-order valence-corrected chi connectivity index (χ4v) is 1.78. The van der Waals surface area contributed by atoms with Gasteiger partial charge in [0.2, 0.25) is 5.91 Å². The monoisotopic (exact) mass is 319 g/mol. The summed E-state index contributed by atoms with van der Waals surface area (Å²) in [6, 6.07) is 3.65. The van der Waals surface area contributed by atoms with E-state index in [-0.39, 0.29) is 5.91 Å². The van der Waals surface area contributed by atoms with Gasteiger partial charge in [-0.05, 0) is 51.8 Å². The van der Waals surface area contributed by atoms with Gasteiger partial charge in [-0.1, -0.05) is 12.2 Å². The maximum absolute atomic E-state index is 11.5. The predicted molar refractivity (Wildman–Crippen MR) is 91.2 cm³/mol. The van der Waals surface area contributed by atoms with E-state index in [2.05, 4.69) is 15.6 Å². The van der Waals surface area contributed by atoms with Crippen molar-refractivity contribution in [2.75, 3.05) is 11.9 Å². The van der Waals surface area contributed by atoms with Crippen molar-refractivity contribution >= 4 is 23.9 Å². The number of ether oxygens (including phenoxy) is 1. The Morgan fingerprint density at radius 3 is 2.57 bits per heavy atom. The summed E-state index contributed by atoms with van der Waals surface area (Å²) < 4.78 is 5.15. The third-order valence-corrected chi connectivity index (χ3v) is 2.71. The van der Waals surface area contributed by atoms with Crippen molar-refractivity contribution in [3.63, 3.8) is 0 Å². The van der Waals surface area contributed by atoms with Gasteiger partial charge in [0.15, 0.2) is 0 Å². The number of carbonyl (C=O) groups is 2. The van der Waals surface area contributed by atoms with Crippen LogP contribution in [-0.4, -0.2) is 29.1 Å². The number of hydrogen-bond donors (Lipinski definition) is 2. The number of nitrogens with one attached hydrogen (secondary N) is 2. The molecular formula is C17H25N3O3. The van der Waals surface area contributed by atoms with Crippen LogP contribution in [0.25, 0.3) is 6.08 Å². The van der Waals surface area contributed by atoms with Crippen molar-refractivity contribution < 1.29 is 14.3 Å². The predicted octanol–water partition coefficient (Wildman–Crippen LogP) is 3.28. The molecule has 0 aliphatic heterocycles. The Bertz CT molecular complexity index is 589. The zero-order valence-electron chi connectivity index (χ0n) is 14.4. The summed E-state index contributed by atoms with van der Waals surface area (Å²) in [7, 11) is 0. The van der Waals surface area contributed by atoms with Gasteiger partial charge in [-0.15, -0.1) is 0 Å². The minimum atomic E-state index is -0.488. The topological polar surface area (TPSA) is 80.3 Å². The fraction of sp³-hybridized carbons (Fsp3) is 0.471. The highest BCUT2D eigenvalue weighted by molar-refractivity contribution is 5.87. The first-order chi connectivity index (χ1) is 10.7. The van der Waals surface area contributed by atoms with Crippen LogP contribution in [0.4, 0.5) is 10.6 Å². The van der Waals surface area contributed by atoms with Crippen molar-refractivity contribution in [1.82, 2.24) is 10.3 Å². The van der Waals surface area contributed by atoms with Crippen LogP contribution in [0.3, 0.4) is 0 Å². The molecule has 23 heavy (non-hydrogen) atoms. The van der Waals surface area contributed by atoms with Crippen LogP contribution in [-0.2, 0) is 9.53 Å². The number of anilines is 1. The van der Waals surface area contributed by atoms with Gasteiger partial charge >= 0.3 is 6.09 Å². The molecule has 0 saturated heterocycles. The van der Waals surface area contributed by atoms with Gasteiger partial charge in [0.25, 0.3) is 0 Å². The summed E-state index contributed by atoms with van der Waals surface area (Å²) in [5.74, 6) is 0.396. The standard InChI is InChI=1S/C17H25N3O3/c1-12-14(9-10-15(19-12)20-13(2)21)8-6-7-11-18-16(22)23-17(3,4)5/h6,8-10H,7,11H2,1-5H3,(H,18,22)(H,19,20,21). The molecule has 0 atom stereocenters. The number of pyridine rings is 1. The van der Waals surface area contributed by atoms with Gasteiger partial charge in [-0.3, -0.25) is 4.79 Å². The van der Waals surface area contributed by atoms with Gasteiger partial charge in [-0.25, -0.2) is 9.78 Å². The van der Waals surface area contributed by atoms with Crippen LogP contribution >= 0.6 is 0 Å². The molecule has 0 aliphatic rings. The molecule has 6 heteroatoms. The third kappa shape index (κ3) is 7.99. The molecule has 1 aromatic heterocycles. The smallest absolute Gasteiger partial charge is 0.407 e. The van der Waals surface area contributed by atoms with Crippen LogP contribution in [0.15, 0.2) is 18.2 Å². The van der Waals surface area contributed by atoms with E-state index in [0.29, 0.717) is 18.8 Å². The van der Waals surface area contributed by atoms with Crippen molar-refractivity contribution in [3.05, 3.63) is 29.5 Å². The van der Waals surface area contributed by atoms with Crippen LogP contribution in [0, 0.1) is 6.92 Å². The molecule has 0 fully saturated rings. The summed E-state index contributed by atoms with van der Waals surface area (Å²) in [6.45, 7) is 9.31. The lowest BCUT2D eigenvalue weighted by atomic mass is 10.2. The number of alkyl carbamates (subject to hydrolysis) is 1. The van der Waals surface area contributed by atoms with Crippen molar-refractivity contribution in [2.24, 2.45) is 0 Å². The molecule has 1 aromatic rings. The van der Waals surface area contributed by atoms with Gasteiger partial charge in [0.05, 0.1) is 0 Å². The maximum Gasteiger partial charge on any atom is 0.407 e. The van der Waals surface area contributed by atoms with Crippen molar-refractivity contribution in [1.29, 1.82) is 0 Å². The zero-order chi connectivity index (χ0) is 17.5. The lowest BCUT2D eigenvalue weighted by Gasteiger charge is -2.19. The van der Waals surface area contributed by atoms with E-state index < -0.39 is 11.7 Å². The number of aromatic nitrogens is 1. The SMILES string of the molecule is CC(=O)Nc1ccc(C=CCCNC(=O)OC(C)(C)C)c(C)n1. The largest absolute Gasteiger partial charge is 0.444 e. The molecule has 0 spiro atoms. The molecule has 2 N–H and O–H groups in total. The Morgan fingerprint density at radius 1 is 1.30 bits per heavy atom. The van der Waals surface area contributed by atoms with E-state index in [0.717, 1.165) is 11.3 Å². The van der Waals surface area contributed by atoms with E-state index in [1.165, 1.54) is 6.92 Å². The molecular weight excluding hydrogens is 294 g/mol. The van der Waals surface area contributed by atoms with E-state index in [1.807, 2.05) is 45.9 Å².